The van der Waals surface area contributed by atoms with Gasteiger partial charge in [-0.05, 0) is 37.5 Å². The molecule has 0 aliphatic heterocycles. The Bertz CT molecular complexity index is 705. The van der Waals surface area contributed by atoms with Gasteiger partial charge in [0, 0.05) is 13.0 Å². The van der Waals surface area contributed by atoms with Crippen molar-refractivity contribution < 1.29 is 8.42 Å². The topological polar surface area (TPSA) is 74.8 Å². The van der Waals surface area contributed by atoms with Crippen molar-refractivity contribution >= 4 is 21.1 Å². The standard InChI is InChI=1S/C14H21N3O2S/c1-4-9-20(18,19)15-8-7-13-16-12-6-5-10(2)11(3)14(12)17-13/h5-6,15H,4,7-9H2,1-3H3,(H,16,17). The van der Waals surface area contributed by atoms with E-state index in [-0.39, 0.29) is 5.75 Å². The molecule has 2 rings (SSSR count). The summed E-state index contributed by atoms with van der Waals surface area (Å²) in [7, 11) is -3.14. The zero-order valence-corrected chi connectivity index (χ0v) is 13.0. The molecule has 2 N–H and O–H groups in total. The molecule has 0 aliphatic rings. The number of hydrogen-bond donors (Lipinski definition) is 2. The van der Waals surface area contributed by atoms with Gasteiger partial charge in [0.05, 0.1) is 16.8 Å². The lowest BCUT2D eigenvalue weighted by Gasteiger charge is -2.03. The van der Waals surface area contributed by atoms with Crippen LogP contribution in [0.25, 0.3) is 11.0 Å². The van der Waals surface area contributed by atoms with Gasteiger partial charge in [-0.1, -0.05) is 13.0 Å². The van der Waals surface area contributed by atoms with Gasteiger partial charge in [-0.3, -0.25) is 0 Å². The van der Waals surface area contributed by atoms with Crippen LogP contribution in [0, 0.1) is 13.8 Å². The number of sulfonamides is 1. The van der Waals surface area contributed by atoms with Gasteiger partial charge in [-0.15, -0.1) is 0 Å². The summed E-state index contributed by atoms with van der Waals surface area (Å²) in [6.45, 7) is 6.33. The number of hydrogen-bond acceptors (Lipinski definition) is 3. The van der Waals surface area contributed by atoms with E-state index in [0.29, 0.717) is 19.4 Å². The molecule has 2 aromatic rings. The number of rotatable bonds is 6. The Morgan fingerprint density at radius 3 is 2.75 bits per heavy atom. The Morgan fingerprint density at radius 2 is 2.05 bits per heavy atom. The van der Waals surface area contributed by atoms with Gasteiger partial charge in [0.25, 0.3) is 0 Å². The normalized spacial score (nSPS) is 12.2. The van der Waals surface area contributed by atoms with Crippen molar-refractivity contribution in [3.63, 3.8) is 0 Å². The first-order valence-electron chi connectivity index (χ1n) is 6.85. The van der Waals surface area contributed by atoms with Crippen LogP contribution in [0.4, 0.5) is 0 Å². The zero-order chi connectivity index (χ0) is 14.8. The van der Waals surface area contributed by atoms with E-state index < -0.39 is 10.0 Å². The molecule has 110 valence electrons. The van der Waals surface area contributed by atoms with Crippen molar-refractivity contribution in [2.75, 3.05) is 12.3 Å². The van der Waals surface area contributed by atoms with Crippen molar-refractivity contribution in [1.29, 1.82) is 0 Å². The second-order valence-corrected chi connectivity index (χ2v) is 6.98. The van der Waals surface area contributed by atoms with Crippen molar-refractivity contribution in [1.82, 2.24) is 14.7 Å². The van der Waals surface area contributed by atoms with Crippen molar-refractivity contribution in [3.8, 4) is 0 Å². The van der Waals surface area contributed by atoms with E-state index >= 15 is 0 Å². The molecule has 0 unspecified atom stereocenters. The average Bonchev–Trinajstić information content (AvgIpc) is 2.77. The molecule has 0 saturated carbocycles. The molecule has 0 aliphatic carbocycles. The highest BCUT2D eigenvalue weighted by Crippen LogP contribution is 2.19. The van der Waals surface area contributed by atoms with Gasteiger partial charge in [-0.2, -0.15) is 0 Å². The number of aromatic nitrogens is 2. The number of nitrogens with zero attached hydrogens (tertiary/aromatic N) is 1. The van der Waals surface area contributed by atoms with Gasteiger partial charge in [0.2, 0.25) is 10.0 Å². The fraction of sp³-hybridized carbons (Fsp3) is 0.500. The number of fused-ring (bicyclic) bond motifs is 1. The second kappa shape index (κ2) is 5.93. The van der Waals surface area contributed by atoms with Crippen LogP contribution in [0.1, 0.15) is 30.3 Å². The first kappa shape index (κ1) is 15.0. The van der Waals surface area contributed by atoms with Crippen LogP contribution in [-0.2, 0) is 16.4 Å². The van der Waals surface area contributed by atoms with Crippen molar-refractivity contribution in [3.05, 3.63) is 29.1 Å². The summed E-state index contributed by atoms with van der Waals surface area (Å²) >= 11 is 0. The van der Waals surface area contributed by atoms with E-state index in [1.165, 1.54) is 5.56 Å². The summed E-state index contributed by atoms with van der Waals surface area (Å²) < 4.78 is 25.7. The summed E-state index contributed by atoms with van der Waals surface area (Å²) in [5, 5.41) is 0. The number of nitrogens with one attached hydrogen (secondary N) is 2. The molecule has 5 nitrogen and oxygen atoms in total. The van der Waals surface area contributed by atoms with Gasteiger partial charge in [0.15, 0.2) is 0 Å². The van der Waals surface area contributed by atoms with Crippen LogP contribution in [0.15, 0.2) is 12.1 Å². The van der Waals surface area contributed by atoms with Gasteiger partial charge < -0.3 is 4.98 Å². The van der Waals surface area contributed by atoms with E-state index in [1.807, 2.05) is 19.9 Å². The first-order chi connectivity index (χ1) is 9.43. The Morgan fingerprint density at radius 1 is 1.30 bits per heavy atom. The average molecular weight is 295 g/mol. The third-order valence-electron chi connectivity index (χ3n) is 3.38. The Balaban J connectivity index is 2.06. The van der Waals surface area contributed by atoms with Crippen LogP contribution in [0.2, 0.25) is 0 Å². The minimum absolute atomic E-state index is 0.172. The highest BCUT2D eigenvalue weighted by Gasteiger charge is 2.10. The third kappa shape index (κ3) is 3.37. The molecule has 0 bridgehead atoms. The van der Waals surface area contributed by atoms with E-state index in [9.17, 15) is 8.42 Å². The number of imidazole rings is 1. The minimum atomic E-state index is -3.14. The number of aryl methyl sites for hydroxylation is 2. The quantitative estimate of drug-likeness (QED) is 0.856. The van der Waals surface area contributed by atoms with Crippen LogP contribution >= 0.6 is 0 Å². The molecule has 1 aromatic heterocycles. The van der Waals surface area contributed by atoms with Gasteiger partial charge in [-0.25, -0.2) is 18.1 Å². The van der Waals surface area contributed by atoms with E-state index in [2.05, 4.69) is 27.7 Å². The Labute approximate surface area is 119 Å². The Kier molecular flexibility index (Phi) is 4.45. The molecule has 20 heavy (non-hydrogen) atoms. The smallest absolute Gasteiger partial charge is 0.211 e. The SMILES string of the molecule is CCCS(=O)(=O)NCCc1nc2c(C)c(C)ccc2[nH]1. The van der Waals surface area contributed by atoms with Gasteiger partial charge in [0.1, 0.15) is 5.82 Å². The van der Waals surface area contributed by atoms with E-state index in [4.69, 9.17) is 0 Å². The van der Waals surface area contributed by atoms with Crippen LogP contribution < -0.4 is 4.72 Å². The first-order valence-corrected chi connectivity index (χ1v) is 8.50. The van der Waals surface area contributed by atoms with Crippen LogP contribution in [-0.4, -0.2) is 30.7 Å². The summed E-state index contributed by atoms with van der Waals surface area (Å²) in [6, 6.07) is 4.07. The molecule has 1 aromatic carbocycles. The number of benzene rings is 1. The molecular weight excluding hydrogens is 274 g/mol. The highest BCUT2D eigenvalue weighted by atomic mass is 32.2. The molecular formula is C14H21N3O2S. The maximum Gasteiger partial charge on any atom is 0.211 e. The fourth-order valence-electron chi connectivity index (χ4n) is 2.15. The highest BCUT2D eigenvalue weighted by molar-refractivity contribution is 7.89. The molecule has 0 radical (unpaired) electrons. The molecule has 0 fully saturated rings. The summed E-state index contributed by atoms with van der Waals surface area (Å²) in [4.78, 5) is 7.78. The summed E-state index contributed by atoms with van der Waals surface area (Å²) in [5.41, 5.74) is 4.34. The molecule has 0 saturated heterocycles. The number of aromatic amines is 1. The lowest BCUT2D eigenvalue weighted by molar-refractivity contribution is 0.579. The zero-order valence-electron chi connectivity index (χ0n) is 12.2. The monoisotopic (exact) mass is 295 g/mol. The largest absolute Gasteiger partial charge is 0.342 e. The fourth-order valence-corrected chi connectivity index (χ4v) is 3.24. The van der Waals surface area contributed by atoms with Crippen LogP contribution in [0.3, 0.4) is 0 Å². The predicted molar refractivity (Wildman–Crippen MR) is 81.4 cm³/mol. The Hall–Kier alpha value is -1.40. The molecule has 0 spiro atoms. The molecule has 0 atom stereocenters. The lowest BCUT2D eigenvalue weighted by Crippen LogP contribution is -2.28. The third-order valence-corrected chi connectivity index (χ3v) is 4.97. The van der Waals surface area contributed by atoms with Gasteiger partial charge >= 0.3 is 0 Å². The summed E-state index contributed by atoms with van der Waals surface area (Å²) in [5.74, 6) is 0.985. The molecule has 0 amide bonds. The maximum absolute atomic E-state index is 11.5. The van der Waals surface area contributed by atoms with E-state index in [0.717, 1.165) is 22.4 Å². The van der Waals surface area contributed by atoms with Crippen LogP contribution in [0.5, 0.6) is 0 Å². The van der Waals surface area contributed by atoms with E-state index in [1.54, 1.807) is 0 Å². The lowest BCUT2D eigenvalue weighted by atomic mass is 10.1. The number of H-pyrrole nitrogens is 1. The predicted octanol–water partition coefficient (Wildman–Crippen LogP) is 2.05. The maximum atomic E-state index is 11.5. The minimum Gasteiger partial charge on any atom is -0.342 e. The summed E-state index contributed by atoms with van der Waals surface area (Å²) in [6.07, 6.45) is 1.19. The van der Waals surface area contributed by atoms with Crippen molar-refractivity contribution in [2.45, 2.75) is 33.6 Å². The van der Waals surface area contributed by atoms with Crippen molar-refractivity contribution in [2.24, 2.45) is 0 Å². The second-order valence-electron chi connectivity index (χ2n) is 5.05. The molecule has 6 heteroatoms. The molecule has 1 heterocycles.